The van der Waals surface area contributed by atoms with Crippen molar-refractivity contribution in [2.75, 3.05) is 13.1 Å². The number of fused-ring (bicyclic) bond motifs is 2. The molecular weight excluding hydrogens is 384 g/mol. The van der Waals surface area contributed by atoms with Crippen LogP contribution in [0.25, 0.3) is 21.8 Å². The predicted octanol–water partition coefficient (Wildman–Crippen LogP) is 3.92. The SMILES string of the molecule is Cc1ccc2c(c1)nnn2C1CCN(S(=O)(=O)c2cccc3ccccc23)CC1. The highest BCUT2D eigenvalue weighted by molar-refractivity contribution is 7.89. The second-order valence-corrected chi connectivity index (χ2v) is 9.55. The Bertz CT molecular complexity index is 1300. The van der Waals surface area contributed by atoms with Gasteiger partial charge in [-0.3, -0.25) is 0 Å². The summed E-state index contributed by atoms with van der Waals surface area (Å²) in [5.41, 5.74) is 3.04. The van der Waals surface area contributed by atoms with Gasteiger partial charge in [0.15, 0.2) is 0 Å². The standard InChI is InChI=1S/C22H22N4O2S/c1-16-9-10-21-20(15-16)23-24-26(21)18-11-13-25(14-12-18)29(27,28)22-8-4-6-17-5-2-3-7-19(17)22/h2-10,15,18H,11-14H2,1H3. The van der Waals surface area contributed by atoms with E-state index in [0.717, 1.165) is 40.2 Å². The first-order valence-electron chi connectivity index (χ1n) is 9.83. The van der Waals surface area contributed by atoms with Crippen LogP contribution in [0.1, 0.15) is 24.4 Å². The smallest absolute Gasteiger partial charge is 0.242 e. The van der Waals surface area contributed by atoms with Crippen LogP contribution in [0.3, 0.4) is 0 Å². The maximum absolute atomic E-state index is 13.3. The summed E-state index contributed by atoms with van der Waals surface area (Å²) in [6, 6.07) is 19.4. The molecule has 1 aliphatic rings. The maximum Gasteiger partial charge on any atom is 0.243 e. The molecule has 1 fully saturated rings. The van der Waals surface area contributed by atoms with Gasteiger partial charge in [0.1, 0.15) is 5.52 Å². The fourth-order valence-electron chi connectivity index (χ4n) is 4.21. The zero-order valence-electron chi connectivity index (χ0n) is 16.2. The first kappa shape index (κ1) is 18.3. The van der Waals surface area contributed by atoms with Crippen LogP contribution in [-0.2, 0) is 10.0 Å². The Labute approximate surface area is 169 Å². The van der Waals surface area contributed by atoms with Gasteiger partial charge in [0, 0.05) is 18.5 Å². The van der Waals surface area contributed by atoms with Crippen LogP contribution in [0.15, 0.2) is 65.6 Å². The Hall–Kier alpha value is -2.77. The van der Waals surface area contributed by atoms with Crippen molar-refractivity contribution in [3.8, 4) is 0 Å². The second-order valence-electron chi connectivity index (χ2n) is 7.64. The van der Waals surface area contributed by atoms with E-state index in [1.54, 1.807) is 10.4 Å². The van der Waals surface area contributed by atoms with E-state index in [-0.39, 0.29) is 6.04 Å². The summed E-state index contributed by atoms with van der Waals surface area (Å²) in [6.45, 7) is 2.99. The summed E-state index contributed by atoms with van der Waals surface area (Å²) in [7, 11) is -3.54. The fourth-order valence-corrected chi connectivity index (χ4v) is 5.89. The molecule has 2 heterocycles. The van der Waals surface area contributed by atoms with E-state index in [1.165, 1.54) is 0 Å². The minimum Gasteiger partial charge on any atom is -0.242 e. The Morgan fingerprint density at radius 1 is 0.966 bits per heavy atom. The normalized spacial score (nSPS) is 16.6. The topological polar surface area (TPSA) is 68.1 Å². The summed E-state index contributed by atoms with van der Waals surface area (Å²) in [6.07, 6.45) is 1.44. The van der Waals surface area contributed by atoms with E-state index in [2.05, 4.69) is 16.4 Å². The van der Waals surface area contributed by atoms with Crippen molar-refractivity contribution in [2.24, 2.45) is 0 Å². The predicted molar refractivity (Wildman–Crippen MR) is 113 cm³/mol. The van der Waals surface area contributed by atoms with Crippen molar-refractivity contribution in [1.29, 1.82) is 0 Å². The summed E-state index contributed by atoms with van der Waals surface area (Å²) in [4.78, 5) is 0.385. The van der Waals surface area contributed by atoms with Crippen LogP contribution in [0.5, 0.6) is 0 Å². The Balaban J connectivity index is 1.41. The molecule has 1 aliphatic heterocycles. The van der Waals surface area contributed by atoms with Gasteiger partial charge in [-0.05, 0) is 48.9 Å². The van der Waals surface area contributed by atoms with Crippen LogP contribution >= 0.6 is 0 Å². The molecule has 1 saturated heterocycles. The second kappa shape index (κ2) is 6.93. The number of aryl methyl sites for hydroxylation is 1. The van der Waals surface area contributed by atoms with Gasteiger partial charge in [-0.15, -0.1) is 5.10 Å². The van der Waals surface area contributed by atoms with Crippen LogP contribution in [0.2, 0.25) is 0 Å². The van der Waals surface area contributed by atoms with Gasteiger partial charge in [-0.1, -0.05) is 47.7 Å². The summed E-state index contributed by atoms with van der Waals surface area (Å²) >= 11 is 0. The van der Waals surface area contributed by atoms with Gasteiger partial charge in [-0.2, -0.15) is 4.31 Å². The zero-order valence-corrected chi connectivity index (χ0v) is 17.0. The van der Waals surface area contributed by atoms with Crippen molar-refractivity contribution in [2.45, 2.75) is 30.7 Å². The van der Waals surface area contributed by atoms with E-state index < -0.39 is 10.0 Å². The maximum atomic E-state index is 13.3. The van der Waals surface area contributed by atoms with Gasteiger partial charge in [0.2, 0.25) is 10.0 Å². The van der Waals surface area contributed by atoms with Gasteiger partial charge in [0.05, 0.1) is 16.5 Å². The molecule has 0 amide bonds. The molecule has 148 valence electrons. The van der Waals surface area contributed by atoms with E-state index in [9.17, 15) is 8.42 Å². The highest BCUT2D eigenvalue weighted by Gasteiger charge is 2.31. The van der Waals surface area contributed by atoms with Crippen LogP contribution in [0.4, 0.5) is 0 Å². The van der Waals surface area contributed by atoms with Crippen LogP contribution in [-0.4, -0.2) is 40.8 Å². The third-order valence-electron chi connectivity index (χ3n) is 5.76. The number of hydrogen-bond acceptors (Lipinski definition) is 4. The molecule has 3 aromatic carbocycles. The number of piperidine rings is 1. The van der Waals surface area contributed by atoms with E-state index in [0.29, 0.717) is 18.0 Å². The fraction of sp³-hybridized carbons (Fsp3) is 0.273. The molecule has 0 bridgehead atoms. The van der Waals surface area contributed by atoms with E-state index >= 15 is 0 Å². The lowest BCUT2D eigenvalue weighted by molar-refractivity contribution is 0.263. The van der Waals surface area contributed by atoms with Crippen molar-refractivity contribution < 1.29 is 8.42 Å². The third kappa shape index (κ3) is 3.10. The zero-order chi connectivity index (χ0) is 20.0. The van der Waals surface area contributed by atoms with Gasteiger partial charge < -0.3 is 0 Å². The minimum atomic E-state index is -3.54. The largest absolute Gasteiger partial charge is 0.243 e. The highest BCUT2D eigenvalue weighted by Crippen LogP contribution is 2.31. The average Bonchev–Trinajstić information content (AvgIpc) is 3.16. The summed E-state index contributed by atoms with van der Waals surface area (Å²) in [5, 5.41) is 10.3. The Morgan fingerprint density at radius 3 is 2.55 bits per heavy atom. The van der Waals surface area contributed by atoms with Crippen LogP contribution < -0.4 is 0 Å². The number of rotatable bonds is 3. The molecule has 1 aromatic heterocycles. The lowest BCUT2D eigenvalue weighted by atomic mass is 10.1. The van der Waals surface area contributed by atoms with Gasteiger partial charge >= 0.3 is 0 Å². The van der Waals surface area contributed by atoms with Crippen molar-refractivity contribution in [1.82, 2.24) is 19.3 Å². The molecular formula is C22H22N4O2S. The molecule has 5 rings (SSSR count). The first-order valence-corrected chi connectivity index (χ1v) is 11.3. The molecule has 6 nitrogen and oxygen atoms in total. The van der Waals surface area contributed by atoms with Crippen molar-refractivity contribution >= 4 is 31.8 Å². The lowest BCUT2D eigenvalue weighted by Crippen LogP contribution is -2.39. The number of sulfonamides is 1. The van der Waals surface area contributed by atoms with Gasteiger partial charge in [-0.25, -0.2) is 13.1 Å². The molecule has 0 aliphatic carbocycles. The molecule has 0 atom stereocenters. The highest BCUT2D eigenvalue weighted by atomic mass is 32.2. The molecule has 0 radical (unpaired) electrons. The molecule has 0 spiro atoms. The number of nitrogens with zero attached hydrogens (tertiary/aromatic N) is 4. The Kier molecular flexibility index (Phi) is 4.37. The van der Waals surface area contributed by atoms with E-state index in [1.807, 2.05) is 60.1 Å². The quantitative estimate of drug-likeness (QED) is 0.517. The molecule has 4 aromatic rings. The minimum absolute atomic E-state index is 0.154. The third-order valence-corrected chi connectivity index (χ3v) is 7.72. The first-order chi connectivity index (χ1) is 14.0. The summed E-state index contributed by atoms with van der Waals surface area (Å²) < 4.78 is 30.2. The van der Waals surface area contributed by atoms with Crippen molar-refractivity contribution in [3.63, 3.8) is 0 Å². The average molecular weight is 407 g/mol. The number of benzene rings is 3. The number of aromatic nitrogens is 3. The van der Waals surface area contributed by atoms with E-state index in [4.69, 9.17) is 0 Å². The Morgan fingerprint density at radius 2 is 1.72 bits per heavy atom. The molecule has 29 heavy (non-hydrogen) atoms. The lowest BCUT2D eigenvalue weighted by Gasteiger charge is -2.31. The number of hydrogen-bond donors (Lipinski definition) is 0. The summed E-state index contributed by atoms with van der Waals surface area (Å²) in [5.74, 6) is 0. The van der Waals surface area contributed by atoms with Gasteiger partial charge in [0.25, 0.3) is 0 Å². The molecule has 0 saturated carbocycles. The molecule has 0 N–H and O–H groups in total. The molecule has 0 unspecified atom stereocenters. The van der Waals surface area contributed by atoms with Crippen molar-refractivity contribution in [3.05, 3.63) is 66.2 Å². The monoisotopic (exact) mass is 406 g/mol. The van der Waals surface area contributed by atoms with Crippen LogP contribution in [0, 0.1) is 6.92 Å². The molecule has 7 heteroatoms.